The summed E-state index contributed by atoms with van der Waals surface area (Å²) in [6.07, 6.45) is 4.73. The topological polar surface area (TPSA) is 72.1 Å². The first-order chi connectivity index (χ1) is 10.1. The molecule has 6 nitrogen and oxygen atoms in total. The van der Waals surface area contributed by atoms with Crippen molar-refractivity contribution in [2.75, 3.05) is 6.54 Å². The van der Waals surface area contributed by atoms with Crippen LogP contribution in [-0.2, 0) is 6.54 Å². The van der Waals surface area contributed by atoms with Crippen molar-refractivity contribution in [3.05, 3.63) is 41.5 Å². The van der Waals surface area contributed by atoms with Gasteiger partial charge in [0.25, 0.3) is 0 Å². The van der Waals surface area contributed by atoms with E-state index in [4.69, 9.17) is 4.52 Å². The van der Waals surface area contributed by atoms with Gasteiger partial charge in [-0.3, -0.25) is 0 Å². The lowest BCUT2D eigenvalue weighted by atomic mass is 10.0. The van der Waals surface area contributed by atoms with Crippen LogP contribution in [0.4, 0.5) is 4.79 Å². The number of aromatic nitrogens is 2. The fraction of sp³-hybridized carbons (Fsp3) is 0.467. The summed E-state index contributed by atoms with van der Waals surface area (Å²) in [6.45, 7) is 7.11. The van der Waals surface area contributed by atoms with Gasteiger partial charge in [0.2, 0.25) is 0 Å². The van der Waals surface area contributed by atoms with Crippen LogP contribution in [0.3, 0.4) is 0 Å². The highest BCUT2D eigenvalue weighted by Crippen LogP contribution is 2.23. The van der Waals surface area contributed by atoms with E-state index in [9.17, 15) is 4.79 Å². The molecule has 0 radical (unpaired) electrons. The quantitative estimate of drug-likeness (QED) is 0.858. The van der Waals surface area contributed by atoms with Crippen molar-refractivity contribution < 1.29 is 9.32 Å². The maximum absolute atomic E-state index is 12.0. The Morgan fingerprint density at radius 1 is 1.38 bits per heavy atom. The molecule has 0 fully saturated rings. The van der Waals surface area contributed by atoms with E-state index in [0.29, 0.717) is 6.54 Å². The van der Waals surface area contributed by atoms with Gasteiger partial charge in [0, 0.05) is 31.0 Å². The first-order valence-electron chi connectivity index (χ1n) is 7.19. The second-order valence-corrected chi connectivity index (χ2v) is 5.02. The maximum atomic E-state index is 12.0. The second-order valence-electron chi connectivity index (χ2n) is 5.02. The van der Waals surface area contributed by atoms with E-state index < -0.39 is 0 Å². The predicted octanol–water partition coefficient (Wildman–Crippen LogP) is 2.54. The highest BCUT2D eigenvalue weighted by Gasteiger charge is 2.20. The van der Waals surface area contributed by atoms with Crippen molar-refractivity contribution >= 4 is 6.03 Å². The van der Waals surface area contributed by atoms with Gasteiger partial charge in [-0.1, -0.05) is 12.1 Å². The number of rotatable bonds is 6. The molecule has 0 aromatic carbocycles. The van der Waals surface area contributed by atoms with Crippen LogP contribution in [0.2, 0.25) is 0 Å². The number of hydrogen-bond donors (Lipinski definition) is 2. The fourth-order valence-corrected chi connectivity index (χ4v) is 2.39. The molecule has 0 aliphatic rings. The van der Waals surface area contributed by atoms with Crippen LogP contribution in [0.1, 0.15) is 36.4 Å². The summed E-state index contributed by atoms with van der Waals surface area (Å²) in [4.78, 5) is 12.0. The molecule has 0 saturated heterocycles. The minimum Gasteiger partial charge on any atom is -0.361 e. The van der Waals surface area contributed by atoms with Gasteiger partial charge in [-0.25, -0.2) is 4.79 Å². The predicted molar refractivity (Wildman–Crippen MR) is 80.0 cm³/mol. The number of aryl methyl sites for hydroxylation is 2. The Kier molecular flexibility index (Phi) is 5.03. The fourth-order valence-electron chi connectivity index (χ4n) is 2.39. The number of carbonyl (C=O) groups excluding carboxylic acids is 1. The number of amides is 2. The van der Waals surface area contributed by atoms with Crippen molar-refractivity contribution in [3.63, 3.8) is 0 Å². The van der Waals surface area contributed by atoms with Crippen molar-refractivity contribution in [3.8, 4) is 0 Å². The highest BCUT2D eigenvalue weighted by molar-refractivity contribution is 5.74. The largest absolute Gasteiger partial charge is 0.361 e. The van der Waals surface area contributed by atoms with Crippen LogP contribution in [0.5, 0.6) is 0 Å². The molecule has 2 rings (SSSR count). The molecule has 2 amide bonds. The van der Waals surface area contributed by atoms with Gasteiger partial charge in [-0.2, -0.15) is 0 Å². The van der Waals surface area contributed by atoms with Crippen molar-refractivity contribution in [2.45, 2.75) is 39.8 Å². The number of carbonyl (C=O) groups is 1. The normalized spacial score (nSPS) is 12.1. The maximum Gasteiger partial charge on any atom is 0.315 e. The monoisotopic (exact) mass is 290 g/mol. The van der Waals surface area contributed by atoms with E-state index in [-0.39, 0.29) is 12.1 Å². The zero-order valence-electron chi connectivity index (χ0n) is 12.7. The Bertz CT molecular complexity index is 555. The van der Waals surface area contributed by atoms with Crippen LogP contribution in [0.25, 0.3) is 0 Å². The van der Waals surface area contributed by atoms with Crippen molar-refractivity contribution in [1.29, 1.82) is 0 Å². The van der Waals surface area contributed by atoms with Crippen LogP contribution in [0.15, 0.2) is 29.0 Å². The van der Waals surface area contributed by atoms with Crippen molar-refractivity contribution in [2.24, 2.45) is 0 Å². The molecule has 0 aliphatic heterocycles. The zero-order valence-corrected chi connectivity index (χ0v) is 12.7. The van der Waals surface area contributed by atoms with Gasteiger partial charge in [0.15, 0.2) is 0 Å². The van der Waals surface area contributed by atoms with E-state index in [1.807, 2.05) is 49.9 Å². The first kappa shape index (κ1) is 15.2. The lowest BCUT2D eigenvalue weighted by Crippen LogP contribution is -2.39. The molecule has 2 N–H and O–H groups in total. The van der Waals surface area contributed by atoms with Crippen LogP contribution < -0.4 is 10.6 Å². The summed E-state index contributed by atoms with van der Waals surface area (Å²) in [5.74, 6) is 0.756. The van der Waals surface area contributed by atoms with E-state index >= 15 is 0 Å². The minimum atomic E-state index is -0.172. The summed E-state index contributed by atoms with van der Waals surface area (Å²) in [7, 11) is 0. The van der Waals surface area contributed by atoms with Crippen LogP contribution in [0, 0.1) is 13.8 Å². The molecule has 0 aliphatic carbocycles. The Labute approximate surface area is 124 Å². The molecule has 2 aromatic rings. The number of hydrogen-bond acceptors (Lipinski definition) is 3. The molecule has 6 heteroatoms. The molecule has 1 atom stereocenters. The third-order valence-electron chi connectivity index (χ3n) is 3.47. The Morgan fingerprint density at radius 2 is 2.10 bits per heavy atom. The standard InChI is InChI=1S/C15H22N4O2/c1-4-13(14-11(2)18-21-12(14)3)17-15(20)16-7-10-19-8-5-6-9-19/h5-6,8-9,13H,4,7,10H2,1-3H3,(H2,16,17,20)/t13-/m1/s1. The van der Waals surface area contributed by atoms with Gasteiger partial charge in [0.05, 0.1) is 11.7 Å². The lowest BCUT2D eigenvalue weighted by Gasteiger charge is -2.17. The first-order valence-corrected chi connectivity index (χ1v) is 7.19. The summed E-state index contributed by atoms with van der Waals surface area (Å²) in [5, 5.41) is 9.77. The third-order valence-corrected chi connectivity index (χ3v) is 3.47. The molecule has 0 spiro atoms. The molecular weight excluding hydrogens is 268 g/mol. The van der Waals surface area contributed by atoms with E-state index in [2.05, 4.69) is 15.8 Å². The van der Waals surface area contributed by atoms with Gasteiger partial charge < -0.3 is 19.7 Å². The molecule has 0 unspecified atom stereocenters. The zero-order chi connectivity index (χ0) is 15.2. The Balaban J connectivity index is 1.85. The van der Waals surface area contributed by atoms with Gasteiger partial charge in [0.1, 0.15) is 5.76 Å². The second kappa shape index (κ2) is 6.97. The SMILES string of the molecule is CC[C@@H](NC(=O)NCCn1cccc1)c1c(C)noc1C. The van der Waals surface area contributed by atoms with E-state index in [0.717, 1.165) is 30.0 Å². The molecule has 0 bridgehead atoms. The average Bonchev–Trinajstić information content (AvgIpc) is 3.07. The molecule has 2 heterocycles. The number of urea groups is 1. The molecule has 114 valence electrons. The minimum absolute atomic E-state index is 0.0807. The van der Waals surface area contributed by atoms with Gasteiger partial charge in [-0.05, 0) is 32.4 Å². The third kappa shape index (κ3) is 3.87. The smallest absolute Gasteiger partial charge is 0.315 e. The molecule has 21 heavy (non-hydrogen) atoms. The molecule has 0 saturated carbocycles. The van der Waals surface area contributed by atoms with E-state index in [1.54, 1.807) is 0 Å². The summed E-state index contributed by atoms with van der Waals surface area (Å²) >= 11 is 0. The van der Waals surface area contributed by atoms with Crippen LogP contribution >= 0.6 is 0 Å². The van der Waals surface area contributed by atoms with Crippen molar-refractivity contribution in [1.82, 2.24) is 20.4 Å². The Hall–Kier alpha value is -2.24. The summed E-state index contributed by atoms with van der Waals surface area (Å²) in [5.41, 5.74) is 1.80. The molecular formula is C15H22N4O2. The number of nitrogens with zero attached hydrogens (tertiary/aromatic N) is 2. The van der Waals surface area contributed by atoms with E-state index in [1.165, 1.54) is 0 Å². The van der Waals surface area contributed by atoms with Gasteiger partial charge >= 0.3 is 6.03 Å². The lowest BCUT2D eigenvalue weighted by molar-refractivity contribution is 0.236. The Morgan fingerprint density at radius 3 is 2.67 bits per heavy atom. The number of nitrogens with one attached hydrogen (secondary N) is 2. The molecule has 2 aromatic heterocycles. The van der Waals surface area contributed by atoms with Crippen LogP contribution in [-0.4, -0.2) is 22.3 Å². The van der Waals surface area contributed by atoms with Gasteiger partial charge in [-0.15, -0.1) is 0 Å². The summed E-state index contributed by atoms with van der Waals surface area (Å²) < 4.78 is 7.18. The highest BCUT2D eigenvalue weighted by atomic mass is 16.5. The average molecular weight is 290 g/mol. The summed E-state index contributed by atoms with van der Waals surface area (Å²) in [6, 6.07) is 3.67.